The number of pyridine rings is 1. The topological polar surface area (TPSA) is 51.2 Å². The minimum Gasteiger partial charge on any atom is -0.467 e. The zero-order chi connectivity index (χ0) is 17.0. The average molecular weight is 316 g/mol. The van der Waals surface area contributed by atoms with Crippen LogP contribution in [0.2, 0.25) is 0 Å². The predicted octanol–water partition coefficient (Wildman–Crippen LogP) is 3.84. The Bertz CT molecular complexity index is 678. The van der Waals surface area contributed by atoms with Crippen molar-refractivity contribution in [2.45, 2.75) is 32.2 Å². The van der Waals surface area contributed by atoms with E-state index in [9.17, 15) is 9.18 Å². The van der Waals surface area contributed by atoms with Crippen LogP contribution in [0.1, 0.15) is 37.9 Å². The molecule has 1 aromatic carbocycles. The summed E-state index contributed by atoms with van der Waals surface area (Å²) < 4.78 is 18.2. The maximum absolute atomic E-state index is 13.4. The van der Waals surface area contributed by atoms with Gasteiger partial charge in [0.25, 0.3) is 0 Å². The van der Waals surface area contributed by atoms with Crippen LogP contribution in [0, 0.1) is 5.82 Å². The number of hydrogen-bond acceptors (Lipinski definition) is 4. The fourth-order valence-electron chi connectivity index (χ4n) is 2.22. The smallest absolute Gasteiger partial charge is 0.333 e. The van der Waals surface area contributed by atoms with Crippen molar-refractivity contribution in [1.29, 1.82) is 0 Å². The van der Waals surface area contributed by atoms with E-state index in [-0.39, 0.29) is 5.41 Å². The highest BCUT2D eigenvalue weighted by molar-refractivity contribution is 5.80. The molecule has 2 aromatic rings. The summed E-state index contributed by atoms with van der Waals surface area (Å²) in [7, 11) is 1.30. The molecular weight excluding hydrogens is 295 g/mol. The largest absolute Gasteiger partial charge is 0.467 e. The lowest BCUT2D eigenvalue weighted by Gasteiger charge is -2.21. The lowest BCUT2D eigenvalue weighted by Crippen LogP contribution is -2.22. The summed E-state index contributed by atoms with van der Waals surface area (Å²) >= 11 is 0. The molecule has 1 atom stereocenters. The van der Waals surface area contributed by atoms with Gasteiger partial charge in [-0.1, -0.05) is 32.9 Å². The van der Waals surface area contributed by atoms with Crippen molar-refractivity contribution >= 4 is 11.7 Å². The maximum atomic E-state index is 13.4. The van der Waals surface area contributed by atoms with Crippen LogP contribution >= 0.6 is 0 Å². The van der Waals surface area contributed by atoms with Crippen LogP contribution in [-0.2, 0) is 14.9 Å². The number of rotatable bonds is 4. The van der Waals surface area contributed by atoms with Gasteiger partial charge in [-0.3, -0.25) is 4.98 Å². The molecule has 1 unspecified atom stereocenters. The molecule has 0 radical (unpaired) electrons. The highest BCUT2D eigenvalue weighted by Gasteiger charge is 2.22. The van der Waals surface area contributed by atoms with Gasteiger partial charge in [0.1, 0.15) is 5.82 Å². The summed E-state index contributed by atoms with van der Waals surface area (Å²) in [6, 6.07) is 8.24. The van der Waals surface area contributed by atoms with E-state index in [0.717, 1.165) is 11.9 Å². The van der Waals surface area contributed by atoms with E-state index in [1.165, 1.54) is 24.9 Å². The van der Waals surface area contributed by atoms with Crippen molar-refractivity contribution in [3.63, 3.8) is 0 Å². The second kappa shape index (κ2) is 6.77. The van der Waals surface area contributed by atoms with E-state index in [1.54, 1.807) is 0 Å². The number of halogens is 1. The monoisotopic (exact) mass is 316 g/mol. The number of anilines is 1. The summed E-state index contributed by atoms with van der Waals surface area (Å²) in [5.41, 5.74) is 2.40. The van der Waals surface area contributed by atoms with E-state index in [1.807, 2.05) is 24.3 Å². The second-order valence-corrected chi connectivity index (χ2v) is 6.36. The zero-order valence-electron chi connectivity index (χ0n) is 13.8. The molecule has 0 fully saturated rings. The number of nitrogens with zero attached hydrogens (tertiary/aromatic N) is 1. The highest BCUT2D eigenvalue weighted by Crippen LogP contribution is 2.26. The van der Waals surface area contributed by atoms with E-state index in [2.05, 4.69) is 31.1 Å². The normalized spacial score (nSPS) is 12.6. The Labute approximate surface area is 135 Å². The first-order chi connectivity index (χ1) is 10.8. The third-order valence-corrected chi connectivity index (χ3v) is 3.56. The fraction of sp³-hybridized carbons (Fsp3) is 0.333. The van der Waals surface area contributed by atoms with Gasteiger partial charge in [0.2, 0.25) is 0 Å². The zero-order valence-corrected chi connectivity index (χ0v) is 13.8. The van der Waals surface area contributed by atoms with Crippen LogP contribution in [0.25, 0.3) is 0 Å². The van der Waals surface area contributed by atoms with Crippen LogP contribution in [0.4, 0.5) is 10.1 Å². The Hall–Kier alpha value is -2.43. The lowest BCUT2D eigenvalue weighted by atomic mass is 9.87. The molecule has 122 valence electrons. The third-order valence-electron chi connectivity index (χ3n) is 3.56. The Morgan fingerprint density at radius 1 is 1.22 bits per heavy atom. The minimum absolute atomic E-state index is 0.0484. The molecule has 0 bridgehead atoms. The molecular formula is C18H21FN2O2. The standard InChI is InChI=1S/C18H21FN2O2/c1-18(2,3)13-5-7-15(8-6-13)21-16(17(22)23-4)12-9-14(19)11-20-10-12/h5-11,16,21H,1-4H3. The highest BCUT2D eigenvalue weighted by atomic mass is 19.1. The second-order valence-electron chi connectivity index (χ2n) is 6.36. The molecule has 0 saturated heterocycles. The van der Waals surface area contributed by atoms with Crippen LogP contribution in [0.5, 0.6) is 0 Å². The summed E-state index contributed by atoms with van der Waals surface area (Å²) in [6.07, 6.45) is 2.54. The summed E-state index contributed by atoms with van der Waals surface area (Å²) in [5.74, 6) is -1.00. The van der Waals surface area contributed by atoms with Crippen molar-refractivity contribution in [2.24, 2.45) is 0 Å². The number of benzene rings is 1. The summed E-state index contributed by atoms with van der Waals surface area (Å²) in [6.45, 7) is 6.39. The van der Waals surface area contributed by atoms with Gasteiger partial charge in [-0.2, -0.15) is 0 Å². The quantitative estimate of drug-likeness (QED) is 0.871. The van der Waals surface area contributed by atoms with Crippen molar-refractivity contribution in [1.82, 2.24) is 4.98 Å². The van der Waals surface area contributed by atoms with Crippen LogP contribution in [-0.4, -0.2) is 18.1 Å². The number of carbonyl (C=O) groups is 1. The number of esters is 1. The lowest BCUT2D eigenvalue weighted by molar-refractivity contribution is -0.141. The molecule has 5 heteroatoms. The van der Waals surface area contributed by atoms with E-state index < -0.39 is 17.8 Å². The van der Waals surface area contributed by atoms with E-state index in [0.29, 0.717) is 5.56 Å². The van der Waals surface area contributed by atoms with Crippen molar-refractivity contribution in [3.8, 4) is 0 Å². The van der Waals surface area contributed by atoms with Gasteiger partial charge in [0.15, 0.2) is 6.04 Å². The van der Waals surface area contributed by atoms with Gasteiger partial charge in [-0.25, -0.2) is 9.18 Å². The first kappa shape index (κ1) is 16.9. The molecule has 0 amide bonds. The number of methoxy groups -OCH3 is 1. The summed E-state index contributed by atoms with van der Waals surface area (Å²) in [5, 5.41) is 3.07. The Kier molecular flexibility index (Phi) is 4.98. The van der Waals surface area contributed by atoms with Gasteiger partial charge in [-0.15, -0.1) is 0 Å². The molecule has 1 N–H and O–H groups in total. The predicted molar refractivity (Wildman–Crippen MR) is 87.7 cm³/mol. The molecule has 1 heterocycles. The van der Waals surface area contributed by atoms with Crippen LogP contribution in [0.15, 0.2) is 42.7 Å². The van der Waals surface area contributed by atoms with Gasteiger partial charge >= 0.3 is 5.97 Å². The van der Waals surface area contributed by atoms with Gasteiger partial charge in [0.05, 0.1) is 13.3 Å². The molecule has 0 aliphatic heterocycles. The third kappa shape index (κ3) is 4.28. The summed E-state index contributed by atoms with van der Waals surface area (Å²) in [4.78, 5) is 15.8. The van der Waals surface area contributed by atoms with E-state index in [4.69, 9.17) is 4.74 Å². The molecule has 0 spiro atoms. The van der Waals surface area contributed by atoms with Gasteiger partial charge in [0, 0.05) is 17.4 Å². The molecule has 0 saturated carbocycles. The van der Waals surface area contributed by atoms with Crippen molar-refractivity contribution in [2.75, 3.05) is 12.4 Å². The van der Waals surface area contributed by atoms with Crippen LogP contribution in [0.3, 0.4) is 0 Å². The number of ether oxygens (including phenoxy) is 1. The molecule has 23 heavy (non-hydrogen) atoms. The molecule has 0 aliphatic carbocycles. The number of aromatic nitrogens is 1. The molecule has 1 aromatic heterocycles. The van der Waals surface area contributed by atoms with Gasteiger partial charge in [-0.05, 0) is 29.2 Å². The number of nitrogens with one attached hydrogen (secondary N) is 1. The molecule has 2 rings (SSSR count). The Balaban J connectivity index is 2.26. The van der Waals surface area contributed by atoms with Crippen LogP contribution < -0.4 is 5.32 Å². The number of hydrogen-bond donors (Lipinski definition) is 1. The van der Waals surface area contributed by atoms with E-state index >= 15 is 0 Å². The first-order valence-corrected chi connectivity index (χ1v) is 7.36. The Morgan fingerprint density at radius 2 is 1.87 bits per heavy atom. The SMILES string of the molecule is COC(=O)C(Nc1ccc(C(C)(C)C)cc1)c1cncc(F)c1. The number of carbonyl (C=O) groups excluding carboxylic acids is 1. The Morgan fingerprint density at radius 3 is 2.39 bits per heavy atom. The molecule has 0 aliphatic rings. The van der Waals surface area contributed by atoms with Crippen molar-refractivity contribution in [3.05, 3.63) is 59.7 Å². The molecule has 4 nitrogen and oxygen atoms in total. The maximum Gasteiger partial charge on any atom is 0.333 e. The minimum atomic E-state index is -0.816. The average Bonchev–Trinajstić information content (AvgIpc) is 2.51. The van der Waals surface area contributed by atoms with Crippen molar-refractivity contribution < 1.29 is 13.9 Å². The first-order valence-electron chi connectivity index (χ1n) is 7.36. The fourth-order valence-corrected chi connectivity index (χ4v) is 2.22. The van der Waals surface area contributed by atoms with Gasteiger partial charge < -0.3 is 10.1 Å².